The first kappa shape index (κ1) is 16.6. The number of nitrogens with two attached hydrogens (primary N) is 1. The van der Waals surface area contributed by atoms with E-state index in [2.05, 4.69) is 6.58 Å². The minimum atomic E-state index is -4.24. The van der Waals surface area contributed by atoms with Gasteiger partial charge >= 0.3 is 6.03 Å². The molecule has 0 heterocycles. The number of rotatable bonds is 6. The van der Waals surface area contributed by atoms with Gasteiger partial charge in [0, 0.05) is 19.8 Å². The van der Waals surface area contributed by atoms with Gasteiger partial charge in [-0.2, -0.15) is 0 Å². The number of urea groups is 1. The summed E-state index contributed by atoms with van der Waals surface area (Å²) in [7, 11) is -0.992. The molecular formula is C11H18N2O4S. The number of nitrogens with zero attached hydrogens (tertiary/aromatic N) is 1. The summed E-state index contributed by atoms with van der Waals surface area (Å²) in [5, 5.41) is 1.35. The van der Waals surface area contributed by atoms with Gasteiger partial charge in [0.2, 0.25) is 0 Å². The predicted octanol–water partition coefficient (Wildman–Crippen LogP) is -0.207. The molecule has 0 atom stereocenters. The Morgan fingerprint density at radius 2 is 2.06 bits per heavy atom. The van der Waals surface area contributed by atoms with Crippen molar-refractivity contribution in [1.82, 2.24) is 4.90 Å². The average molecular weight is 274 g/mol. The van der Waals surface area contributed by atoms with Crippen molar-refractivity contribution in [3.8, 4) is 0 Å². The van der Waals surface area contributed by atoms with Gasteiger partial charge in [0.1, 0.15) is 6.20 Å². The molecule has 0 rings (SSSR count). The first-order valence-electron chi connectivity index (χ1n) is 5.24. The van der Waals surface area contributed by atoms with Crippen molar-refractivity contribution in [3.05, 3.63) is 36.6 Å². The number of hydrogen-bond donors (Lipinski definition) is 1. The van der Waals surface area contributed by atoms with Crippen molar-refractivity contribution < 1.29 is 23.1 Å². The molecule has 0 aromatic rings. The predicted molar refractivity (Wildman–Crippen MR) is 67.6 cm³/mol. The van der Waals surface area contributed by atoms with Crippen molar-refractivity contribution in [1.29, 1.82) is 0 Å². The third-order valence-electron chi connectivity index (χ3n) is 1.96. The van der Waals surface area contributed by atoms with Crippen molar-refractivity contribution in [2.45, 2.75) is 6.42 Å². The molecule has 0 fully saturated rings. The molecule has 0 saturated carbocycles. The van der Waals surface area contributed by atoms with Crippen LogP contribution in [0.4, 0.5) is 4.79 Å². The topological polar surface area (TPSA) is 94.1 Å². The largest absolute Gasteiger partial charge is 0.748 e. The van der Waals surface area contributed by atoms with Gasteiger partial charge in [-0.25, -0.2) is 18.5 Å². The Labute approximate surface area is 107 Å². The van der Waals surface area contributed by atoms with E-state index in [0.29, 0.717) is 5.57 Å². The van der Waals surface area contributed by atoms with Crippen LogP contribution in [0.1, 0.15) is 6.42 Å². The monoisotopic (exact) mass is 274 g/mol. The van der Waals surface area contributed by atoms with Crippen molar-refractivity contribution in [2.75, 3.05) is 19.8 Å². The lowest BCUT2D eigenvalue weighted by atomic mass is 10.2. The third-order valence-corrected chi connectivity index (χ3v) is 2.67. The van der Waals surface area contributed by atoms with Gasteiger partial charge in [-0.3, -0.25) is 4.90 Å². The Kier molecular flexibility index (Phi) is 7.18. The fraction of sp³-hybridized carbons (Fsp3) is 0.364. The summed E-state index contributed by atoms with van der Waals surface area (Å²) in [6.45, 7) is 3.49. The summed E-state index contributed by atoms with van der Waals surface area (Å²) < 4.78 is 31.5. The van der Waals surface area contributed by atoms with Crippen molar-refractivity contribution in [2.24, 2.45) is 0 Å². The molecule has 0 radical (unpaired) electrons. The molecule has 0 aromatic heterocycles. The van der Waals surface area contributed by atoms with E-state index in [4.69, 9.17) is 0 Å². The fourth-order valence-corrected chi connectivity index (χ4v) is 1.51. The first-order valence-corrected chi connectivity index (χ1v) is 6.82. The van der Waals surface area contributed by atoms with Crippen LogP contribution in [0.5, 0.6) is 0 Å². The van der Waals surface area contributed by atoms with Crippen molar-refractivity contribution in [3.63, 3.8) is 0 Å². The quantitative estimate of drug-likeness (QED) is 0.536. The van der Waals surface area contributed by atoms with Crippen LogP contribution < -0.4 is 5.32 Å². The molecule has 0 aromatic carbocycles. The van der Waals surface area contributed by atoms with Crippen LogP contribution in [-0.4, -0.2) is 43.7 Å². The zero-order valence-electron chi connectivity index (χ0n) is 10.5. The highest BCUT2D eigenvalue weighted by Gasteiger charge is 2.04. The molecule has 0 bridgehead atoms. The standard InChI is InChI=1S/C11H18N2O4S/c1-4-5-10(7-9-18(15,16)17)6-8-12-11(14)13(2)3/h4-6,8H,1,7,9H2,2-3H3,(H,12,14)(H,15,16,17)/b8-6-,10-5+. The lowest BCUT2D eigenvalue weighted by Gasteiger charge is -2.06. The van der Waals surface area contributed by atoms with Gasteiger partial charge in [0.15, 0.2) is 0 Å². The molecule has 0 saturated heterocycles. The summed E-state index contributed by atoms with van der Waals surface area (Å²) in [6.07, 6.45) is 6.27. The SMILES string of the molecule is C=C/C=C(\C=C/[NH2+]C(=O)N(C)C)CCS(=O)(=O)[O-]. The van der Waals surface area contributed by atoms with Gasteiger partial charge in [-0.05, 0) is 18.1 Å². The Bertz CT molecular complexity index is 450. The maximum atomic E-state index is 11.2. The first-order chi connectivity index (χ1) is 8.26. The van der Waals surface area contributed by atoms with Crippen LogP contribution in [0.25, 0.3) is 0 Å². The Hall–Kier alpha value is -1.44. The lowest BCUT2D eigenvalue weighted by molar-refractivity contribution is -0.488. The number of primary amides is 1. The summed E-state index contributed by atoms with van der Waals surface area (Å²) in [5.41, 5.74) is 0.618. The maximum absolute atomic E-state index is 11.2. The number of allylic oxidation sites excluding steroid dienone is 4. The van der Waals surface area contributed by atoms with E-state index < -0.39 is 15.9 Å². The maximum Gasteiger partial charge on any atom is 0.419 e. The minimum absolute atomic E-state index is 0.0956. The zero-order chi connectivity index (χ0) is 14.2. The van der Waals surface area contributed by atoms with E-state index in [-0.39, 0.29) is 12.5 Å². The normalized spacial score (nSPS) is 12.7. The van der Waals surface area contributed by atoms with Crippen LogP contribution in [0, 0.1) is 0 Å². The van der Waals surface area contributed by atoms with Gasteiger partial charge < -0.3 is 4.55 Å². The van der Waals surface area contributed by atoms with Gasteiger partial charge in [0.05, 0.1) is 10.1 Å². The zero-order valence-corrected chi connectivity index (χ0v) is 11.3. The minimum Gasteiger partial charge on any atom is -0.748 e. The number of carbonyl (C=O) groups excluding carboxylic acids is 1. The van der Waals surface area contributed by atoms with Crippen LogP contribution in [0.2, 0.25) is 0 Å². The molecule has 0 aliphatic heterocycles. The second-order valence-corrected chi connectivity index (χ2v) is 5.27. The van der Waals surface area contributed by atoms with Crippen LogP contribution >= 0.6 is 0 Å². The van der Waals surface area contributed by atoms with Crippen molar-refractivity contribution >= 4 is 16.1 Å². The highest BCUT2D eigenvalue weighted by Crippen LogP contribution is 2.04. The summed E-state index contributed by atoms with van der Waals surface area (Å²) >= 11 is 0. The summed E-state index contributed by atoms with van der Waals surface area (Å²) in [5.74, 6) is -0.474. The highest BCUT2D eigenvalue weighted by atomic mass is 32.2. The van der Waals surface area contributed by atoms with Crippen LogP contribution in [0.3, 0.4) is 0 Å². The number of carbonyl (C=O) groups is 1. The molecule has 18 heavy (non-hydrogen) atoms. The van der Waals surface area contributed by atoms with Gasteiger partial charge in [-0.1, -0.05) is 18.7 Å². The smallest absolute Gasteiger partial charge is 0.419 e. The van der Waals surface area contributed by atoms with E-state index >= 15 is 0 Å². The van der Waals surface area contributed by atoms with E-state index in [1.54, 1.807) is 26.2 Å². The van der Waals surface area contributed by atoms with E-state index in [9.17, 15) is 17.8 Å². The molecule has 6 nitrogen and oxygen atoms in total. The molecule has 0 aliphatic rings. The number of amides is 2. The fourth-order valence-electron chi connectivity index (χ4n) is 1.02. The lowest BCUT2D eigenvalue weighted by Crippen LogP contribution is -2.85. The Morgan fingerprint density at radius 3 is 2.50 bits per heavy atom. The Balaban J connectivity index is 4.46. The van der Waals surface area contributed by atoms with Crippen LogP contribution in [-0.2, 0) is 10.1 Å². The second kappa shape index (κ2) is 7.80. The molecular weight excluding hydrogens is 256 g/mol. The van der Waals surface area contributed by atoms with Crippen LogP contribution in [0.15, 0.2) is 36.6 Å². The van der Waals surface area contributed by atoms with Gasteiger partial charge in [-0.15, -0.1) is 0 Å². The van der Waals surface area contributed by atoms with E-state index in [1.165, 1.54) is 22.5 Å². The summed E-state index contributed by atoms with van der Waals surface area (Å²) in [6, 6.07) is -0.180. The number of hydrogen-bond acceptors (Lipinski definition) is 4. The molecule has 0 aliphatic carbocycles. The van der Waals surface area contributed by atoms with E-state index in [0.717, 1.165) is 0 Å². The molecule has 7 heteroatoms. The molecule has 102 valence electrons. The molecule has 2 amide bonds. The second-order valence-electron chi connectivity index (χ2n) is 3.75. The third kappa shape index (κ3) is 8.68. The summed E-state index contributed by atoms with van der Waals surface area (Å²) in [4.78, 5) is 12.6. The van der Waals surface area contributed by atoms with E-state index in [1.807, 2.05) is 0 Å². The molecule has 2 N–H and O–H groups in total. The molecule has 0 unspecified atom stereocenters. The van der Waals surface area contributed by atoms with Gasteiger partial charge in [0.25, 0.3) is 0 Å². The number of quaternary nitrogens is 1. The highest BCUT2D eigenvalue weighted by molar-refractivity contribution is 7.85. The Morgan fingerprint density at radius 1 is 1.44 bits per heavy atom. The molecule has 0 spiro atoms. The average Bonchev–Trinajstić information content (AvgIpc) is 2.24.